The quantitative estimate of drug-likeness (QED) is 0.741. The van der Waals surface area contributed by atoms with Crippen molar-refractivity contribution in [2.45, 2.75) is 25.7 Å². The molecular formula is C17H18O. The number of benzene rings is 2. The Morgan fingerprint density at radius 2 is 1.61 bits per heavy atom. The van der Waals surface area contributed by atoms with Crippen LogP contribution in [-0.2, 0) is 16.6 Å². The van der Waals surface area contributed by atoms with Crippen LogP contribution in [0.3, 0.4) is 0 Å². The van der Waals surface area contributed by atoms with Crippen LogP contribution < -0.4 is 0 Å². The third-order valence-corrected chi connectivity index (χ3v) is 3.22. The fraction of sp³-hybridized carbons (Fsp3) is 0.235. The van der Waals surface area contributed by atoms with Gasteiger partial charge < -0.3 is 4.79 Å². The molecule has 0 aromatic heterocycles. The van der Waals surface area contributed by atoms with Gasteiger partial charge in [0, 0.05) is 5.41 Å². The lowest BCUT2D eigenvalue weighted by molar-refractivity contribution is -0.111. The fourth-order valence-electron chi connectivity index (χ4n) is 1.98. The molecule has 1 nitrogen and oxygen atoms in total. The summed E-state index contributed by atoms with van der Waals surface area (Å²) in [6.07, 6.45) is 1.91. The lowest BCUT2D eigenvalue weighted by atomic mass is 9.85. The summed E-state index contributed by atoms with van der Waals surface area (Å²) in [5, 5.41) is 0. The van der Waals surface area contributed by atoms with Crippen LogP contribution in [0.4, 0.5) is 0 Å². The Balaban J connectivity index is 2.26. The maximum Gasteiger partial charge on any atom is 0.129 e. The Hall–Kier alpha value is -1.89. The highest BCUT2D eigenvalue weighted by Crippen LogP contribution is 2.22. The topological polar surface area (TPSA) is 17.1 Å². The molecule has 0 fully saturated rings. The maximum atomic E-state index is 11.1. The van der Waals surface area contributed by atoms with E-state index < -0.39 is 5.41 Å². The van der Waals surface area contributed by atoms with Crippen LogP contribution in [0, 0.1) is 0 Å². The highest BCUT2D eigenvalue weighted by atomic mass is 16.1. The minimum absolute atomic E-state index is 0.410. The molecule has 2 aromatic carbocycles. The van der Waals surface area contributed by atoms with Gasteiger partial charge in [0.2, 0.25) is 0 Å². The largest absolute Gasteiger partial charge is 0.302 e. The first kappa shape index (κ1) is 12.6. The first-order valence-electron chi connectivity index (χ1n) is 6.21. The van der Waals surface area contributed by atoms with E-state index in [0.717, 1.165) is 18.3 Å². The highest BCUT2D eigenvalue weighted by molar-refractivity contribution is 5.67. The second-order valence-corrected chi connectivity index (χ2v) is 5.20. The normalized spacial score (nSPS) is 11.2. The molecule has 0 heterocycles. The van der Waals surface area contributed by atoms with Crippen molar-refractivity contribution in [2.75, 3.05) is 0 Å². The Labute approximate surface area is 108 Å². The molecule has 1 heteroatoms. The molecule has 0 aliphatic heterocycles. The molecule has 92 valence electrons. The molecule has 0 N–H and O–H groups in total. The zero-order valence-electron chi connectivity index (χ0n) is 10.9. The van der Waals surface area contributed by atoms with E-state index in [4.69, 9.17) is 0 Å². The van der Waals surface area contributed by atoms with Gasteiger partial charge >= 0.3 is 0 Å². The Morgan fingerprint density at radius 1 is 0.944 bits per heavy atom. The standard InChI is InChI=1S/C17H18O/c1-17(2,13-18)16-10-6-9-15(12-16)11-14-7-4-3-5-8-14/h3-10,12-13H,11H2,1-2H3. The molecule has 0 radical (unpaired) electrons. The highest BCUT2D eigenvalue weighted by Gasteiger charge is 2.19. The third-order valence-electron chi connectivity index (χ3n) is 3.22. The molecular weight excluding hydrogens is 220 g/mol. The van der Waals surface area contributed by atoms with Gasteiger partial charge in [-0.05, 0) is 37.0 Å². The SMILES string of the molecule is CC(C)(C=O)c1cccc(Cc2ccccc2)c1. The van der Waals surface area contributed by atoms with E-state index in [0.29, 0.717) is 0 Å². The first-order valence-corrected chi connectivity index (χ1v) is 6.21. The van der Waals surface area contributed by atoms with E-state index in [-0.39, 0.29) is 0 Å². The summed E-state index contributed by atoms with van der Waals surface area (Å²) >= 11 is 0. The second kappa shape index (κ2) is 5.18. The summed E-state index contributed by atoms with van der Waals surface area (Å²) in [6, 6.07) is 18.6. The average Bonchev–Trinajstić information content (AvgIpc) is 2.40. The number of hydrogen-bond acceptors (Lipinski definition) is 1. The van der Waals surface area contributed by atoms with E-state index in [1.165, 1.54) is 11.1 Å². The van der Waals surface area contributed by atoms with Crippen LogP contribution in [-0.4, -0.2) is 6.29 Å². The zero-order chi connectivity index (χ0) is 13.0. The van der Waals surface area contributed by atoms with Crippen LogP contribution in [0.25, 0.3) is 0 Å². The fourth-order valence-corrected chi connectivity index (χ4v) is 1.98. The van der Waals surface area contributed by atoms with E-state index in [1.807, 2.05) is 32.0 Å². The molecule has 2 rings (SSSR count). The van der Waals surface area contributed by atoms with Crippen LogP contribution in [0.2, 0.25) is 0 Å². The number of carbonyl (C=O) groups is 1. The van der Waals surface area contributed by atoms with Gasteiger partial charge in [0.25, 0.3) is 0 Å². The molecule has 2 aromatic rings. The predicted molar refractivity (Wildman–Crippen MR) is 74.8 cm³/mol. The number of carbonyl (C=O) groups excluding carboxylic acids is 1. The zero-order valence-corrected chi connectivity index (χ0v) is 10.9. The van der Waals surface area contributed by atoms with Gasteiger partial charge in [-0.2, -0.15) is 0 Å². The Morgan fingerprint density at radius 3 is 2.28 bits per heavy atom. The summed E-state index contributed by atoms with van der Waals surface area (Å²) in [4.78, 5) is 11.1. The summed E-state index contributed by atoms with van der Waals surface area (Å²) in [5.41, 5.74) is 3.20. The monoisotopic (exact) mass is 238 g/mol. The lowest BCUT2D eigenvalue weighted by Gasteiger charge is -2.18. The molecule has 0 aliphatic carbocycles. The van der Waals surface area contributed by atoms with E-state index >= 15 is 0 Å². The molecule has 0 aliphatic rings. The van der Waals surface area contributed by atoms with Gasteiger partial charge in [0.15, 0.2) is 0 Å². The lowest BCUT2D eigenvalue weighted by Crippen LogP contribution is -2.18. The van der Waals surface area contributed by atoms with Crippen molar-refractivity contribution in [3.8, 4) is 0 Å². The van der Waals surface area contributed by atoms with Crippen molar-refractivity contribution in [3.63, 3.8) is 0 Å². The van der Waals surface area contributed by atoms with Crippen molar-refractivity contribution in [2.24, 2.45) is 0 Å². The van der Waals surface area contributed by atoms with Gasteiger partial charge in [-0.15, -0.1) is 0 Å². The van der Waals surface area contributed by atoms with Gasteiger partial charge in [-0.1, -0.05) is 54.6 Å². The van der Waals surface area contributed by atoms with Crippen LogP contribution in [0.1, 0.15) is 30.5 Å². The molecule has 0 saturated carbocycles. The molecule has 0 atom stereocenters. The molecule has 0 bridgehead atoms. The Kier molecular flexibility index (Phi) is 3.61. The summed E-state index contributed by atoms with van der Waals surface area (Å²) in [6.45, 7) is 3.89. The van der Waals surface area contributed by atoms with E-state index in [9.17, 15) is 4.79 Å². The predicted octanol–water partition coefficient (Wildman–Crippen LogP) is 3.75. The van der Waals surface area contributed by atoms with Crippen molar-refractivity contribution in [1.29, 1.82) is 0 Å². The van der Waals surface area contributed by atoms with Crippen LogP contribution in [0.5, 0.6) is 0 Å². The summed E-state index contributed by atoms with van der Waals surface area (Å²) in [7, 11) is 0. The number of rotatable bonds is 4. The Bertz CT molecular complexity index is 526. The van der Waals surface area contributed by atoms with Gasteiger partial charge in [-0.25, -0.2) is 0 Å². The number of hydrogen-bond donors (Lipinski definition) is 0. The first-order chi connectivity index (χ1) is 8.62. The van der Waals surface area contributed by atoms with Gasteiger partial charge in [-0.3, -0.25) is 0 Å². The maximum absolute atomic E-state index is 11.1. The second-order valence-electron chi connectivity index (χ2n) is 5.20. The average molecular weight is 238 g/mol. The summed E-state index contributed by atoms with van der Waals surface area (Å²) in [5.74, 6) is 0. The molecule has 0 saturated heterocycles. The van der Waals surface area contributed by atoms with Gasteiger partial charge in [0.1, 0.15) is 6.29 Å². The minimum Gasteiger partial charge on any atom is -0.302 e. The van der Waals surface area contributed by atoms with E-state index in [1.54, 1.807) is 0 Å². The van der Waals surface area contributed by atoms with Crippen molar-refractivity contribution < 1.29 is 4.79 Å². The van der Waals surface area contributed by atoms with Crippen molar-refractivity contribution >= 4 is 6.29 Å². The molecule has 18 heavy (non-hydrogen) atoms. The third kappa shape index (κ3) is 2.86. The van der Waals surface area contributed by atoms with Crippen molar-refractivity contribution in [1.82, 2.24) is 0 Å². The molecule has 0 unspecified atom stereocenters. The molecule has 0 amide bonds. The minimum atomic E-state index is -0.410. The van der Waals surface area contributed by atoms with Crippen LogP contribution in [0.15, 0.2) is 54.6 Å². The van der Waals surface area contributed by atoms with E-state index in [2.05, 4.69) is 36.4 Å². The van der Waals surface area contributed by atoms with Crippen LogP contribution >= 0.6 is 0 Å². The number of aldehydes is 1. The summed E-state index contributed by atoms with van der Waals surface area (Å²) < 4.78 is 0. The van der Waals surface area contributed by atoms with Gasteiger partial charge in [0.05, 0.1) is 0 Å². The van der Waals surface area contributed by atoms with Crippen molar-refractivity contribution in [3.05, 3.63) is 71.3 Å². The smallest absolute Gasteiger partial charge is 0.129 e. The molecule has 0 spiro atoms.